The first-order chi connectivity index (χ1) is 11.5. The van der Waals surface area contributed by atoms with Gasteiger partial charge in [-0.05, 0) is 36.4 Å². The molecule has 3 rings (SSSR count). The zero-order chi connectivity index (χ0) is 17.2. The van der Waals surface area contributed by atoms with Crippen molar-refractivity contribution in [2.24, 2.45) is 0 Å². The number of aliphatic hydroxyl groups excluding tert-OH is 1. The molecule has 0 saturated heterocycles. The molecule has 0 bridgehead atoms. The summed E-state index contributed by atoms with van der Waals surface area (Å²) >= 11 is 0. The van der Waals surface area contributed by atoms with E-state index in [1.807, 2.05) is 0 Å². The molecule has 2 aromatic heterocycles. The monoisotopic (exact) mass is 336 g/mol. The second-order valence-electron chi connectivity index (χ2n) is 4.98. The standard InChI is InChI=1S/C14H11F3N6O/c15-9-3-1-8(2-4-9)10-5-6-11(19-18-10)14(16,17)12(24)7-13-20-22-23-21-13/h1-6,12,24H,7H2,(H,20,21,22,23). The van der Waals surface area contributed by atoms with Gasteiger partial charge in [0.1, 0.15) is 17.6 Å². The van der Waals surface area contributed by atoms with Gasteiger partial charge in [0.15, 0.2) is 5.82 Å². The molecule has 0 saturated carbocycles. The third-order valence-electron chi connectivity index (χ3n) is 3.33. The summed E-state index contributed by atoms with van der Waals surface area (Å²) in [6.45, 7) is 0. The molecule has 0 aliphatic rings. The Morgan fingerprint density at radius 2 is 1.79 bits per heavy atom. The Morgan fingerprint density at radius 3 is 2.38 bits per heavy atom. The number of aromatic nitrogens is 6. The highest BCUT2D eigenvalue weighted by Gasteiger charge is 2.43. The molecule has 1 unspecified atom stereocenters. The lowest BCUT2D eigenvalue weighted by molar-refractivity contribution is -0.118. The molecule has 2 N–H and O–H groups in total. The van der Waals surface area contributed by atoms with Gasteiger partial charge in [-0.1, -0.05) is 5.21 Å². The lowest BCUT2D eigenvalue weighted by atomic mass is 10.0. The Hall–Kier alpha value is -2.88. The maximum absolute atomic E-state index is 14.2. The Kier molecular flexibility index (Phi) is 4.21. The fourth-order valence-electron chi connectivity index (χ4n) is 2.03. The molecule has 0 aliphatic heterocycles. The summed E-state index contributed by atoms with van der Waals surface area (Å²) in [6.07, 6.45) is -2.58. The molecule has 1 aromatic carbocycles. The number of tetrazole rings is 1. The lowest BCUT2D eigenvalue weighted by Crippen LogP contribution is -2.34. The van der Waals surface area contributed by atoms with E-state index in [0.717, 1.165) is 6.07 Å². The van der Waals surface area contributed by atoms with Crippen molar-refractivity contribution in [1.82, 2.24) is 30.8 Å². The maximum atomic E-state index is 14.2. The predicted octanol–water partition coefficient (Wildman–Crippen LogP) is 1.49. The average Bonchev–Trinajstić information content (AvgIpc) is 3.08. The van der Waals surface area contributed by atoms with Crippen molar-refractivity contribution < 1.29 is 18.3 Å². The fourth-order valence-corrected chi connectivity index (χ4v) is 2.03. The van der Waals surface area contributed by atoms with Crippen LogP contribution in [0.5, 0.6) is 0 Å². The number of aromatic amines is 1. The van der Waals surface area contributed by atoms with Gasteiger partial charge >= 0.3 is 5.92 Å². The summed E-state index contributed by atoms with van der Waals surface area (Å²) in [5, 5.41) is 29.3. The quantitative estimate of drug-likeness (QED) is 0.732. The van der Waals surface area contributed by atoms with Gasteiger partial charge in [-0.3, -0.25) is 0 Å². The number of hydrogen-bond donors (Lipinski definition) is 2. The summed E-state index contributed by atoms with van der Waals surface area (Å²) < 4.78 is 41.4. The molecule has 10 heteroatoms. The Bertz CT molecular complexity index is 792. The minimum absolute atomic E-state index is 0.0435. The number of nitrogens with zero attached hydrogens (tertiary/aromatic N) is 5. The van der Waals surface area contributed by atoms with Gasteiger partial charge in [-0.2, -0.15) is 19.1 Å². The molecule has 24 heavy (non-hydrogen) atoms. The highest BCUT2D eigenvalue weighted by atomic mass is 19.3. The molecular formula is C14H11F3N6O. The summed E-state index contributed by atoms with van der Waals surface area (Å²) in [6, 6.07) is 7.77. The van der Waals surface area contributed by atoms with Gasteiger partial charge in [0.25, 0.3) is 0 Å². The molecule has 7 nitrogen and oxygen atoms in total. The van der Waals surface area contributed by atoms with E-state index in [9.17, 15) is 18.3 Å². The van der Waals surface area contributed by atoms with Crippen molar-refractivity contribution in [1.29, 1.82) is 0 Å². The van der Waals surface area contributed by atoms with Crippen molar-refractivity contribution in [3.63, 3.8) is 0 Å². The van der Waals surface area contributed by atoms with Gasteiger partial charge < -0.3 is 5.11 Å². The Balaban J connectivity index is 1.79. The Morgan fingerprint density at radius 1 is 1.04 bits per heavy atom. The van der Waals surface area contributed by atoms with Crippen molar-refractivity contribution in [3.8, 4) is 11.3 Å². The number of benzene rings is 1. The molecule has 2 heterocycles. The van der Waals surface area contributed by atoms with Gasteiger partial charge in [-0.25, -0.2) is 4.39 Å². The topological polar surface area (TPSA) is 100 Å². The molecular weight excluding hydrogens is 325 g/mol. The highest BCUT2D eigenvalue weighted by Crippen LogP contribution is 2.32. The van der Waals surface area contributed by atoms with E-state index in [1.165, 1.54) is 30.3 Å². The number of nitrogens with one attached hydrogen (secondary N) is 1. The van der Waals surface area contributed by atoms with E-state index in [2.05, 4.69) is 30.8 Å². The minimum atomic E-state index is -3.64. The van der Waals surface area contributed by atoms with Gasteiger partial charge in [0, 0.05) is 12.0 Å². The van der Waals surface area contributed by atoms with E-state index in [1.54, 1.807) is 0 Å². The van der Waals surface area contributed by atoms with E-state index in [0.29, 0.717) is 11.3 Å². The largest absolute Gasteiger partial charge is 0.386 e. The number of H-pyrrole nitrogens is 1. The van der Waals surface area contributed by atoms with Crippen LogP contribution >= 0.6 is 0 Å². The normalized spacial score (nSPS) is 13.0. The summed E-state index contributed by atoms with van der Waals surface area (Å²) in [5.74, 6) is -4.10. The van der Waals surface area contributed by atoms with Crippen LogP contribution in [0.3, 0.4) is 0 Å². The number of aliphatic hydroxyl groups is 1. The molecule has 3 aromatic rings. The molecule has 1 atom stereocenters. The van der Waals surface area contributed by atoms with Crippen LogP contribution in [-0.2, 0) is 12.3 Å². The van der Waals surface area contributed by atoms with Gasteiger partial charge in [0.05, 0.1) is 5.69 Å². The summed E-state index contributed by atoms with van der Waals surface area (Å²) in [5.41, 5.74) is 0.151. The fraction of sp³-hybridized carbons (Fsp3) is 0.214. The van der Waals surface area contributed by atoms with Crippen LogP contribution in [0, 0.1) is 5.82 Å². The Labute approximate surface area is 133 Å². The van der Waals surface area contributed by atoms with Crippen LogP contribution < -0.4 is 0 Å². The van der Waals surface area contributed by atoms with Crippen LogP contribution in [0.1, 0.15) is 11.5 Å². The molecule has 0 radical (unpaired) electrons. The summed E-state index contributed by atoms with van der Waals surface area (Å²) in [7, 11) is 0. The van der Waals surface area contributed by atoms with E-state index < -0.39 is 30.0 Å². The first-order valence-electron chi connectivity index (χ1n) is 6.85. The lowest BCUT2D eigenvalue weighted by Gasteiger charge is -2.20. The zero-order valence-electron chi connectivity index (χ0n) is 12.1. The van der Waals surface area contributed by atoms with Crippen LogP contribution in [0.15, 0.2) is 36.4 Å². The van der Waals surface area contributed by atoms with Crippen molar-refractivity contribution in [2.45, 2.75) is 18.4 Å². The number of rotatable bonds is 5. The van der Waals surface area contributed by atoms with Crippen LogP contribution in [-0.4, -0.2) is 42.0 Å². The first-order valence-corrected chi connectivity index (χ1v) is 6.85. The second-order valence-corrected chi connectivity index (χ2v) is 4.98. The second kappa shape index (κ2) is 6.32. The maximum Gasteiger partial charge on any atom is 0.317 e. The van der Waals surface area contributed by atoms with Crippen LogP contribution in [0.4, 0.5) is 13.2 Å². The van der Waals surface area contributed by atoms with Crippen molar-refractivity contribution in [2.75, 3.05) is 0 Å². The zero-order valence-corrected chi connectivity index (χ0v) is 12.1. The van der Waals surface area contributed by atoms with Crippen molar-refractivity contribution in [3.05, 3.63) is 53.7 Å². The van der Waals surface area contributed by atoms with E-state index in [-0.39, 0.29) is 5.82 Å². The first kappa shape index (κ1) is 16.0. The number of alkyl halides is 2. The SMILES string of the molecule is OC(Cc1nn[nH]n1)C(F)(F)c1ccc(-c2ccc(F)cc2)nn1. The van der Waals surface area contributed by atoms with E-state index >= 15 is 0 Å². The van der Waals surface area contributed by atoms with Gasteiger partial charge in [0.2, 0.25) is 0 Å². The van der Waals surface area contributed by atoms with Crippen LogP contribution in [0.25, 0.3) is 11.3 Å². The smallest absolute Gasteiger partial charge is 0.317 e. The molecule has 124 valence electrons. The highest BCUT2D eigenvalue weighted by molar-refractivity contribution is 5.58. The third-order valence-corrected chi connectivity index (χ3v) is 3.33. The summed E-state index contributed by atoms with van der Waals surface area (Å²) in [4.78, 5) is 0. The van der Waals surface area contributed by atoms with Gasteiger partial charge in [-0.15, -0.1) is 15.3 Å². The predicted molar refractivity (Wildman–Crippen MR) is 75.2 cm³/mol. The molecule has 0 spiro atoms. The third kappa shape index (κ3) is 3.23. The number of hydrogen-bond acceptors (Lipinski definition) is 6. The number of halogens is 3. The van der Waals surface area contributed by atoms with Crippen LogP contribution in [0.2, 0.25) is 0 Å². The molecule has 0 fully saturated rings. The average molecular weight is 336 g/mol. The minimum Gasteiger partial charge on any atom is -0.386 e. The molecule has 0 aliphatic carbocycles. The van der Waals surface area contributed by atoms with E-state index in [4.69, 9.17) is 0 Å². The molecule has 0 amide bonds. The van der Waals surface area contributed by atoms with Crippen molar-refractivity contribution >= 4 is 0 Å².